The van der Waals surface area contributed by atoms with Gasteiger partial charge in [-0.1, -0.05) is 72.4 Å². The van der Waals surface area contributed by atoms with Gasteiger partial charge in [0.25, 0.3) is 17.4 Å². The second kappa shape index (κ2) is 9.46. The molecule has 0 saturated heterocycles. The van der Waals surface area contributed by atoms with Crippen molar-refractivity contribution >= 4 is 45.1 Å². The summed E-state index contributed by atoms with van der Waals surface area (Å²) in [5, 5.41) is 1.13. The number of thiophene rings is 1. The van der Waals surface area contributed by atoms with E-state index >= 15 is 0 Å². The van der Waals surface area contributed by atoms with Gasteiger partial charge >= 0.3 is 0 Å². The molecule has 0 bridgehead atoms. The van der Waals surface area contributed by atoms with Gasteiger partial charge in [0, 0.05) is 22.7 Å². The van der Waals surface area contributed by atoms with Gasteiger partial charge in [-0.3, -0.25) is 23.9 Å². The number of carbonyl (C=O) groups is 2. The highest BCUT2D eigenvalue weighted by molar-refractivity contribution is 7.99. The van der Waals surface area contributed by atoms with Crippen molar-refractivity contribution in [2.45, 2.75) is 12.1 Å². The molecule has 0 atom stereocenters. The van der Waals surface area contributed by atoms with Crippen molar-refractivity contribution in [1.82, 2.24) is 14.5 Å². The van der Waals surface area contributed by atoms with Gasteiger partial charge < -0.3 is 0 Å². The van der Waals surface area contributed by atoms with E-state index in [-0.39, 0.29) is 23.9 Å². The highest BCUT2D eigenvalue weighted by Gasteiger charge is 2.34. The molecule has 182 valence electrons. The molecule has 1 aliphatic rings. The average Bonchev–Trinajstić information content (AvgIpc) is 3.38. The lowest BCUT2D eigenvalue weighted by molar-refractivity contribution is 0.0664. The van der Waals surface area contributed by atoms with Gasteiger partial charge in [-0.15, -0.1) is 11.3 Å². The molecule has 6 rings (SSSR count). The standard InChI is InChI=1S/C29H21N3O3S2/c1-18-23(19-10-4-2-5-11-19)24-25(37-18)30-29(32(28(24)35)20-12-6-3-7-13-20)36-17-16-31-26(33)21-14-8-9-15-22(21)27(31)34/h2-15H,16-17H2,1H3. The van der Waals surface area contributed by atoms with Crippen LogP contribution in [0.25, 0.3) is 27.0 Å². The number of imide groups is 1. The van der Waals surface area contributed by atoms with Crippen molar-refractivity contribution < 1.29 is 9.59 Å². The predicted molar refractivity (Wildman–Crippen MR) is 148 cm³/mol. The number of nitrogens with zero attached hydrogens (tertiary/aromatic N) is 3. The monoisotopic (exact) mass is 523 g/mol. The van der Waals surface area contributed by atoms with Gasteiger partial charge in [0.2, 0.25) is 0 Å². The summed E-state index contributed by atoms with van der Waals surface area (Å²) in [6.07, 6.45) is 0. The van der Waals surface area contributed by atoms with Crippen molar-refractivity contribution in [2.75, 3.05) is 12.3 Å². The summed E-state index contributed by atoms with van der Waals surface area (Å²) < 4.78 is 1.63. The Morgan fingerprint density at radius 3 is 2.05 bits per heavy atom. The minimum absolute atomic E-state index is 0.136. The van der Waals surface area contributed by atoms with E-state index in [1.54, 1.807) is 28.8 Å². The number of para-hydroxylation sites is 1. The maximum Gasteiger partial charge on any atom is 0.268 e. The fraction of sp³-hybridized carbons (Fsp3) is 0.103. The van der Waals surface area contributed by atoms with E-state index in [1.807, 2.05) is 67.6 Å². The largest absolute Gasteiger partial charge is 0.273 e. The third kappa shape index (κ3) is 3.98. The lowest BCUT2D eigenvalue weighted by atomic mass is 10.0. The summed E-state index contributed by atoms with van der Waals surface area (Å²) in [6, 6.07) is 26.2. The first kappa shape index (κ1) is 23.4. The summed E-state index contributed by atoms with van der Waals surface area (Å²) in [6.45, 7) is 2.23. The topological polar surface area (TPSA) is 72.3 Å². The third-order valence-electron chi connectivity index (χ3n) is 6.37. The molecule has 37 heavy (non-hydrogen) atoms. The van der Waals surface area contributed by atoms with E-state index in [0.717, 1.165) is 16.0 Å². The number of hydrogen-bond acceptors (Lipinski definition) is 6. The van der Waals surface area contributed by atoms with Crippen LogP contribution >= 0.6 is 23.1 Å². The molecular weight excluding hydrogens is 502 g/mol. The fourth-order valence-electron chi connectivity index (χ4n) is 4.67. The van der Waals surface area contributed by atoms with Crippen LogP contribution in [0.1, 0.15) is 25.6 Å². The zero-order valence-corrected chi connectivity index (χ0v) is 21.5. The first-order valence-electron chi connectivity index (χ1n) is 11.8. The smallest absolute Gasteiger partial charge is 0.268 e. The van der Waals surface area contributed by atoms with Crippen LogP contribution in [0.2, 0.25) is 0 Å². The molecule has 0 unspecified atom stereocenters. The number of carbonyl (C=O) groups excluding carboxylic acids is 2. The molecule has 6 nitrogen and oxygen atoms in total. The Labute approximate surface area is 221 Å². The molecule has 3 aromatic carbocycles. The average molecular weight is 524 g/mol. The molecule has 2 amide bonds. The summed E-state index contributed by atoms with van der Waals surface area (Å²) >= 11 is 2.86. The van der Waals surface area contributed by atoms with E-state index < -0.39 is 0 Å². The first-order chi connectivity index (χ1) is 18.0. The molecule has 8 heteroatoms. The molecule has 5 aromatic rings. The van der Waals surface area contributed by atoms with Crippen LogP contribution in [0, 0.1) is 6.92 Å². The SMILES string of the molecule is Cc1sc2nc(SCCN3C(=O)c4ccccc4C3=O)n(-c3ccccc3)c(=O)c2c1-c1ccccc1. The Morgan fingerprint density at radius 1 is 0.811 bits per heavy atom. The van der Waals surface area contributed by atoms with Gasteiger partial charge in [0.1, 0.15) is 4.83 Å². The van der Waals surface area contributed by atoms with E-state index in [2.05, 4.69) is 0 Å². The van der Waals surface area contributed by atoms with Gasteiger partial charge in [-0.25, -0.2) is 4.98 Å². The van der Waals surface area contributed by atoms with Crippen molar-refractivity contribution in [3.8, 4) is 16.8 Å². The molecule has 3 heterocycles. The van der Waals surface area contributed by atoms with Crippen LogP contribution in [0.4, 0.5) is 0 Å². The molecular formula is C29H21N3O3S2. The maximum absolute atomic E-state index is 14.0. The zero-order chi connectivity index (χ0) is 25.5. The quantitative estimate of drug-likeness (QED) is 0.160. The van der Waals surface area contributed by atoms with Crippen molar-refractivity contribution in [1.29, 1.82) is 0 Å². The van der Waals surface area contributed by atoms with Crippen LogP contribution in [0.5, 0.6) is 0 Å². The Balaban J connectivity index is 1.39. The van der Waals surface area contributed by atoms with Crippen molar-refractivity contribution in [3.05, 3.63) is 111 Å². The number of aryl methyl sites for hydroxylation is 1. The molecule has 0 N–H and O–H groups in total. The van der Waals surface area contributed by atoms with Crippen molar-refractivity contribution in [2.24, 2.45) is 0 Å². The second-order valence-corrected chi connectivity index (χ2v) is 10.9. The molecule has 0 aliphatic carbocycles. The number of thioether (sulfide) groups is 1. The van der Waals surface area contributed by atoms with Gasteiger partial charge in [-0.05, 0) is 36.8 Å². The Morgan fingerprint density at radius 2 is 1.41 bits per heavy atom. The van der Waals surface area contributed by atoms with Gasteiger partial charge in [0.15, 0.2) is 5.16 Å². The number of fused-ring (bicyclic) bond motifs is 2. The van der Waals surface area contributed by atoms with Crippen LogP contribution in [-0.2, 0) is 0 Å². The first-order valence-corrected chi connectivity index (χ1v) is 13.6. The van der Waals surface area contributed by atoms with Crippen LogP contribution < -0.4 is 5.56 Å². The lowest BCUT2D eigenvalue weighted by Gasteiger charge is -2.15. The normalized spacial score (nSPS) is 12.9. The minimum Gasteiger partial charge on any atom is -0.273 e. The summed E-state index contributed by atoms with van der Waals surface area (Å²) in [7, 11) is 0. The number of benzene rings is 3. The molecule has 0 radical (unpaired) electrons. The second-order valence-electron chi connectivity index (χ2n) is 8.61. The Bertz CT molecular complexity index is 1690. The van der Waals surface area contributed by atoms with Gasteiger partial charge in [0.05, 0.1) is 22.2 Å². The van der Waals surface area contributed by atoms with E-state index in [9.17, 15) is 14.4 Å². The number of hydrogen-bond donors (Lipinski definition) is 0. The number of aromatic nitrogens is 2. The number of amides is 2. The third-order valence-corrected chi connectivity index (χ3v) is 8.29. The Kier molecular flexibility index (Phi) is 5.98. The highest BCUT2D eigenvalue weighted by atomic mass is 32.2. The Hall–Kier alpha value is -4.01. The van der Waals surface area contributed by atoms with E-state index in [4.69, 9.17) is 4.98 Å². The predicted octanol–water partition coefficient (Wildman–Crippen LogP) is 5.81. The molecule has 0 fully saturated rings. The molecule has 0 spiro atoms. The van der Waals surface area contributed by atoms with Gasteiger partial charge in [-0.2, -0.15) is 0 Å². The number of rotatable bonds is 6. The van der Waals surface area contributed by atoms with E-state index in [0.29, 0.717) is 37.9 Å². The minimum atomic E-state index is -0.286. The summed E-state index contributed by atoms with van der Waals surface area (Å²) in [5.74, 6) is -0.163. The summed E-state index contributed by atoms with van der Waals surface area (Å²) in [5.41, 5.74) is 3.33. The molecule has 2 aromatic heterocycles. The van der Waals surface area contributed by atoms with Crippen LogP contribution in [-0.4, -0.2) is 38.6 Å². The molecule has 1 aliphatic heterocycles. The maximum atomic E-state index is 14.0. The van der Waals surface area contributed by atoms with Crippen LogP contribution in [0.3, 0.4) is 0 Å². The fourth-order valence-corrected chi connectivity index (χ4v) is 6.69. The van der Waals surface area contributed by atoms with Crippen molar-refractivity contribution in [3.63, 3.8) is 0 Å². The lowest BCUT2D eigenvalue weighted by Crippen LogP contribution is -2.32. The van der Waals surface area contributed by atoms with E-state index in [1.165, 1.54) is 28.0 Å². The zero-order valence-electron chi connectivity index (χ0n) is 19.9. The highest BCUT2D eigenvalue weighted by Crippen LogP contribution is 2.37. The molecule has 0 saturated carbocycles. The summed E-state index contributed by atoms with van der Waals surface area (Å²) in [4.78, 5) is 47.5. The van der Waals surface area contributed by atoms with Crippen LogP contribution in [0.15, 0.2) is 94.9 Å².